The quantitative estimate of drug-likeness (QED) is 0.546. The smallest absolute Gasteiger partial charge is 0.328 e. The Morgan fingerprint density at radius 1 is 1.12 bits per heavy atom. The zero-order chi connectivity index (χ0) is 19.0. The molecule has 0 spiro atoms. The van der Waals surface area contributed by atoms with Gasteiger partial charge in [-0.15, -0.1) is 6.42 Å². The molecule has 1 aliphatic rings. The average Bonchev–Trinajstić information content (AvgIpc) is 3.05. The fourth-order valence-corrected chi connectivity index (χ4v) is 3.55. The maximum absolute atomic E-state index is 14.0. The van der Waals surface area contributed by atoms with Crippen molar-refractivity contribution in [3.8, 4) is 12.3 Å². The van der Waals surface area contributed by atoms with E-state index in [1.165, 1.54) is 0 Å². The minimum absolute atomic E-state index is 0.393. The molecule has 0 saturated heterocycles. The van der Waals surface area contributed by atoms with Crippen LogP contribution in [0.5, 0.6) is 0 Å². The molecule has 0 bridgehead atoms. The molecule has 1 aromatic heterocycles. The minimum atomic E-state index is -2.69. The Morgan fingerprint density at radius 3 is 2.27 bits per heavy atom. The molecule has 3 rings (SSSR count). The van der Waals surface area contributed by atoms with E-state index in [9.17, 15) is 8.63 Å². The first-order valence-corrected chi connectivity index (χ1v) is 8.37. The van der Waals surface area contributed by atoms with Crippen molar-refractivity contribution in [3.63, 3.8) is 0 Å². The zero-order valence-corrected chi connectivity index (χ0v) is 15.3. The van der Waals surface area contributed by atoms with Crippen molar-refractivity contribution in [3.05, 3.63) is 75.8 Å². The van der Waals surface area contributed by atoms with Gasteiger partial charge in [-0.3, -0.25) is 13.6 Å². The second-order valence-electron chi connectivity index (χ2n) is 6.40. The molecule has 0 aliphatic carbocycles. The van der Waals surface area contributed by atoms with Gasteiger partial charge >= 0.3 is 7.40 Å². The number of nitrogens with zero attached hydrogens (tertiary/aromatic N) is 2. The number of terminal acetylenes is 1. The second kappa shape index (κ2) is 6.80. The van der Waals surface area contributed by atoms with Crippen molar-refractivity contribution in [2.45, 2.75) is 27.7 Å². The molecule has 0 unspecified atom stereocenters. The van der Waals surface area contributed by atoms with Gasteiger partial charge in [0.05, 0.1) is 5.70 Å². The van der Waals surface area contributed by atoms with Crippen LogP contribution in [0.3, 0.4) is 0 Å². The fourth-order valence-electron chi connectivity index (χ4n) is 3.55. The molecule has 130 valence electrons. The van der Waals surface area contributed by atoms with Crippen LogP contribution in [0, 0.1) is 26.2 Å². The molecule has 0 radical (unpaired) electrons. The molecule has 1 aromatic carbocycles. The van der Waals surface area contributed by atoms with E-state index in [0.717, 1.165) is 21.3 Å². The monoisotopic (exact) mass is 348 g/mol. The van der Waals surface area contributed by atoms with Crippen molar-refractivity contribution in [1.29, 1.82) is 0 Å². The lowest BCUT2D eigenvalue weighted by Gasteiger charge is -2.16. The van der Waals surface area contributed by atoms with Crippen LogP contribution >= 0.6 is 0 Å². The largest absolute Gasteiger partial charge is 0.677 e. The molecule has 1 aliphatic heterocycles. The summed E-state index contributed by atoms with van der Waals surface area (Å²) in [6.07, 6.45) is 7.57. The fraction of sp³-hybridized carbons (Fsp3) is 0.190. The van der Waals surface area contributed by atoms with Crippen molar-refractivity contribution in [2.24, 2.45) is 4.99 Å². The predicted octanol–water partition coefficient (Wildman–Crippen LogP) is 5.04. The van der Waals surface area contributed by atoms with E-state index in [4.69, 9.17) is 6.42 Å². The van der Waals surface area contributed by atoms with Gasteiger partial charge in [0.15, 0.2) is 0 Å². The number of hydrogen-bond acceptors (Lipinski definition) is 1. The molecule has 0 amide bonds. The first-order valence-electron chi connectivity index (χ1n) is 8.37. The highest BCUT2D eigenvalue weighted by atomic mass is 19.2. The Bertz CT molecular complexity index is 1000. The number of rotatable bonds is 3. The van der Waals surface area contributed by atoms with Crippen molar-refractivity contribution >= 4 is 18.7 Å². The molecule has 2 aromatic rings. The average molecular weight is 348 g/mol. The summed E-state index contributed by atoms with van der Waals surface area (Å²) in [5.74, 6) is 2.57. The summed E-state index contributed by atoms with van der Waals surface area (Å²) in [5, 5.41) is 0. The van der Waals surface area contributed by atoms with E-state index >= 15 is 0 Å². The molecule has 0 atom stereocenters. The van der Waals surface area contributed by atoms with Crippen LogP contribution in [0.4, 0.5) is 8.63 Å². The van der Waals surface area contributed by atoms with E-state index in [1.54, 1.807) is 13.8 Å². The summed E-state index contributed by atoms with van der Waals surface area (Å²) >= 11 is 0. The third-order valence-corrected chi connectivity index (χ3v) is 4.66. The van der Waals surface area contributed by atoms with Gasteiger partial charge in [0.2, 0.25) is 0 Å². The highest BCUT2D eigenvalue weighted by Gasteiger charge is 2.31. The lowest BCUT2D eigenvalue weighted by atomic mass is 9.94. The highest BCUT2D eigenvalue weighted by molar-refractivity contribution is 6.41. The molecule has 2 heterocycles. The number of halogens is 2. The molecule has 26 heavy (non-hydrogen) atoms. The van der Waals surface area contributed by atoms with Gasteiger partial charge in [-0.2, -0.15) is 0 Å². The Balaban J connectivity index is 2.46. The summed E-state index contributed by atoms with van der Waals surface area (Å²) in [5.41, 5.74) is 6.02. The predicted molar refractivity (Wildman–Crippen MR) is 105 cm³/mol. The molecule has 2 nitrogen and oxygen atoms in total. The summed E-state index contributed by atoms with van der Waals surface area (Å²) in [4.78, 5) is 4.62. The molecular formula is C21H19BF2N2. The molecule has 0 N–H and O–H groups in total. The maximum atomic E-state index is 14.0. The zero-order valence-electron chi connectivity index (χ0n) is 15.3. The lowest BCUT2D eigenvalue weighted by molar-refractivity contribution is 0.624. The van der Waals surface area contributed by atoms with E-state index < -0.39 is 7.40 Å². The van der Waals surface area contributed by atoms with Gasteiger partial charge in [0.1, 0.15) is 0 Å². The van der Waals surface area contributed by atoms with Crippen molar-refractivity contribution in [1.82, 2.24) is 4.48 Å². The van der Waals surface area contributed by atoms with Crippen molar-refractivity contribution < 1.29 is 8.63 Å². The molecule has 5 heteroatoms. The van der Waals surface area contributed by atoms with Crippen LogP contribution in [-0.2, 0) is 0 Å². The Hall–Kier alpha value is -2.87. The van der Waals surface area contributed by atoms with Gasteiger partial charge < -0.3 is 4.48 Å². The van der Waals surface area contributed by atoms with E-state index in [-0.39, 0.29) is 0 Å². The third-order valence-electron chi connectivity index (χ3n) is 4.66. The molecule has 0 saturated carbocycles. The van der Waals surface area contributed by atoms with Gasteiger partial charge in [-0.05, 0) is 50.5 Å². The molecule has 0 fully saturated rings. The standard InChI is InChI=1S/C21H19BF2N2/c1-6-18-15(4)21(26(16(18)5)22(23)24)19(17-10-8-7-9-11-17)20-13(2)12-14(3)25-20/h1,7-12H,2-5H3/b20-19-. The highest BCUT2D eigenvalue weighted by Crippen LogP contribution is 2.38. The number of aliphatic imine (C=N–C) groups is 1. The normalized spacial score (nSPS) is 15.4. The number of allylic oxidation sites excluding steroid dienone is 2. The van der Waals surface area contributed by atoms with Crippen LogP contribution < -0.4 is 0 Å². The van der Waals surface area contributed by atoms with Crippen LogP contribution in [0.15, 0.2) is 52.7 Å². The first-order chi connectivity index (χ1) is 12.4. The van der Waals surface area contributed by atoms with Crippen LogP contribution in [0.2, 0.25) is 0 Å². The van der Waals surface area contributed by atoms with Gasteiger partial charge in [-0.25, -0.2) is 0 Å². The van der Waals surface area contributed by atoms with Crippen LogP contribution in [0.1, 0.15) is 41.9 Å². The number of hydrogen-bond donors (Lipinski definition) is 0. The SMILES string of the molecule is C#Cc1c(C)c(/C(=C2\N=C(C)C=C2C)c2ccccc2)n(B(F)F)c1C. The van der Waals surface area contributed by atoms with Gasteiger partial charge in [0.25, 0.3) is 0 Å². The topological polar surface area (TPSA) is 17.3 Å². The Morgan fingerprint density at radius 2 is 1.77 bits per heavy atom. The van der Waals surface area contributed by atoms with Gasteiger partial charge in [0, 0.05) is 28.2 Å². The summed E-state index contributed by atoms with van der Waals surface area (Å²) < 4.78 is 29.0. The Labute approximate surface area is 153 Å². The van der Waals surface area contributed by atoms with E-state index in [1.807, 2.05) is 50.3 Å². The number of benzene rings is 1. The van der Waals surface area contributed by atoms with Crippen LogP contribution in [0.25, 0.3) is 5.57 Å². The Kier molecular flexibility index (Phi) is 4.69. The van der Waals surface area contributed by atoms with Crippen molar-refractivity contribution in [2.75, 3.05) is 0 Å². The maximum Gasteiger partial charge on any atom is 0.677 e. The summed E-state index contributed by atoms with van der Waals surface area (Å²) in [6.45, 7) is 7.27. The number of aromatic nitrogens is 1. The summed E-state index contributed by atoms with van der Waals surface area (Å²) in [7, 11) is -2.69. The van der Waals surface area contributed by atoms with Gasteiger partial charge in [-0.1, -0.05) is 36.3 Å². The lowest BCUT2D eigenvalue weighted by Crippen LogP contribution is -2.18. The second-order valence-corrected chi connectivity index (χ2v) is 6.40. The first kappa shape index (κ1) is 17.9. The van der Waals surface area contributed by atoms with E-state index in [2.05, 4.69) is 10.9 Å². The van der Waals surface area contributed by atoms with Crippen LogP contribution in [-0.4, -0.2) is 17.6 Å². The third kappa shape index (κ3) is 2.82. The summed E-state index contributed by atoms with van der Waals surface area (Å²) in [6, 6.07) is 9.49. The molecular weight excluding hydrogens is 329 g/mol. The minimum Gasteiger partial charge on any atom is -0.328 e. The van der Waals surface area contributed by atoms with E-state index in [0.29, 0.717) is 33.8 Å².